The summed E-state index contributed by atoms with van der Waals surface area (Å²) in [5.74, 6) is 0. The Morgan fingerprint density at radius 3 is 2.53 bits per heavy atom. The summed E-state index contributed by atoms with van der Waals surface area (Å²) < 4.78 is 5.44. The van der Waals surface area contributed by atoms with Gasteiger partial charge in [-0.3, -0.25) is 0 Å². The van der Waals surface area contributed by atoms with Crippen molar-refractivity contribution >= 4 is 0 Å². The lowest BCUT2D eigenvalue weighted by molar-refractivity contribution is 0.133. The van der Waals surface area contributed by atoms with E-state index in [1.165, 1.54) is 17.5 Å². The van der Waals surface area contributed by atoms with E-state index in [1.807, 2.05) is 6.92 Å². The van der Waals surface area contributed by atoms with Crippen molar-refractivity contribution in [2.75, 3.05) is 13.2 Å². The van der Waals surface area contributed by atoms with Gasteiger partial charge in [0.15, 0.2) is 0 Å². The molecule has 1 N–H and O–H groups in total. The zero-order valence-corrected chi connectivity index (χ0v) is 9.75. The maximum absolute atomic E-state index is 5.44. The van der Waals surface area contributed by atoms with Gasteiger partial charge in [-0.05, 0) is 31.0 Å². The average molecular weight is 207 g/mol. The van der Waals surface area contributed by atoms with Gasteiger partial charge >= 0.3 is 0 Å². The first-order valence-electron chi connectivity index (χ1n) is 5.73. The van der Waals surface area contributed by atoms with E-state index >= 15 is 0 Å². The Morgan fingerprint density at radius 2 is 1.87 bits per heavy atom. The SMILES string of the molecule is CCCNCc1ccccc1COCC. The summed E-state index contributed by atoms with van der Waals surface area (Å²) in [6, 6.07) is 8.45. The predicted molar refractivity (Wildman–Crippen MR) is 63.8 cm³/mol. The van der Waals surface area contributed by atoms with Crippen molar-refractivity contribution in [1.82, 2.24) is 5.32 Å². The monoisotopic (exact) mass is 207 g/mol. The van der Waals surface area contributed by atoms with Crippen molar-refractivity contribution in [3.8, 4) is 0 Å². The van der Waals surface area contributed by atoms with Crippen LogP contribution >= 0.6 is 0 Å². The van der Waals surface area contributed by atoms with Crippen LogP contribution in [0.15, 0.2) is 24.3 Å². The number of benzene rings is 1. The normalized spacial score (nSPS) is 10.5. The van der Waals surface area contributed by atoms with Crippen LogP contribution in [-0.2, 0) is 17.9 Å². The minimum absolute atomic E-state index is 0.723. The maximum atomic E-state index is 5.44. The molecule has 2 nitrogen and oxygen atoms in total. The van der Waals surface area contributed by atoms with Gasteiger partial charge in [0, 0.05) is 13.2 Å². The van der Waals surface area contributed by atoms with E-state index < -0.39 is 0 Å². The van der Waals surface area contributed by atoms with Crippen molar-refractivity contribution in [1.29, 1.82) is 0 Å². The number of hydrogen-bond donors (Lipinski definition) is 1. The molecule has 0 radical (unpaired) electrons. The first-order chi connectivity index (χ1) is 7.38. The quantitative estimate of drug-likeness (QED) is 0.694. The summed E-state index contributed by atoms with van der Waals surface area (Å²) in [6.45, 7) is 7.72. The van der Waals surface area contributed by atoms with Crippen LogP contribution in [-0.4, -0.2) is 13.2 Å². The Kier molecular flexibility index (Phi) is 6.05. The van der Waals surface area contributed by atoms with Crippen LogP contribution in [0.25, 0.3) is 0 Å². The molecule has 0 aliphatic carbocycles. The Labute approximate surface area is 92.6 Å². The first kappa shape index (κ1) is 12.2. The van der Waals surface area contributed by atoms with Crippen molar-refractivity contribution in [3.63, 3.8) is 0 Å². The Bertz CT molecular complexity index is 273. The molecule has 0 aliphatic rings. The second kappa shape index (κ2) is 7.43. The molecule has 0 saturated heterocycles. The number of ether oxygens (including phenoxy) is 1. The van der Waals surface area contributed by atoms with Crippen LogP contribution in [0.4, 0.5) is 0 Å². The van der Waals surface area contributed by atoms with Crippen LogP contribution in [0, 0.1) is 0 Å². The standard InChI is InChI=1S/C13H21NO/c1-3-9-14-10-12-7-5-6-8-13(12)11-15-4-2/h5-8,14H,3-4,9-11H2,1-2H3. The lowest BCUT2D eigenvalue weighted by Crippen LogP contribution is -2.15. The molecule has 0 fully saturated rings. The molecule has 1 aromatic rings. The molecular formula is C13H21NO. The highest BCUT2D eigenvalue weighted by molar-refractivity contribution is 5.26. The number of nitrogens with one attached hydrogen (secondary N) is 1. The number of hydrogen-bond acceptors (Lipinski definition) is 2. The van der Waals surface area contributed by atoms with Gasteiger partial charge in [-0.1, -0.05) is 31.2 Å². The molecule has 2 heteroatoms. The summed E-state index contributed by atoms with van der Waals surface area (Å²) in [5.41, 5.74) is 2.64. The van der Waals surface area contributed by atoms with Crippen LogP contribution in [0.2, 0.25) is 0 Å². The molecule has 84 valence electrons. The summed E-state index contributed by atoms with van der Waals surface area (Å²) >= 11 is 0. The first-order valence-corrected chi connectivity index (χ1v) is 5.73. The molecule has 0 bridgehead atoms. The largest absolute Gasteiger partial charge is 0.377 e. The van der Waals surface area contributed by atoms with Crippen LogP contribution in [0.3, 0.4) is 0 Å². The topological polar surface area (TPSA) is 21.3 Å². The molecule has 0 amide bonds. The molecule has 1 rings (SSSR count). The van der Waals surface area contributed by atoms with Crippen LogP contribution in [0.1, 0.15) is 31.4 Å². The third-order valence-electron chi connectivity index (χ3n) is 2.32. The highest BCUT2D eigenvalue weighted by atomic mass is 16.5. The summed E-state index contributed by atoms with van der Waals surface area (Å²) in [6.07, 6.45) is 1.17. The number of rotatable bonds is 7. The zero-order valence-electron chi connectivity index (χ0n) is 9.75. The average Bonchev–Trinajstić information content (AvgIpc) is 2.28. The molecule has 0 unspecified atom stereocenters. The second-order valence-electron chi connectivity index (χ2n) is 3.58. The molecule has 0 aromatic heterocycles. The smallest absolute Gasteiger partial charge is 0.0719 e. The summed E-state index contributed by atoms with van der Waals surface area (Å²) in [5, 5.41) is 3.41. The highest BCUT2D eigenvalue weighted by Gasteiger charge is 2.00. The summed E-state index contributed by atoms with van der Waals surface area (Å²) in [4.78, 5) is 0. The van der Waals surface area contributed by atoms with Crippen molar-refractivity contribution in [2.24, 2.45) is 0 Å². The van der Waals surface area contributed by atoms with E-state index in [9.17, 15) is 0 Å². The third-order valence-corrected chi connectivity index (χ3v) is 2.32. The van der Waals surface area contributed by atoms with Gasteiger partial charge in [-0.15, -0.1) is 0 Å². The Hall–Kier alpha value is -0.860. The molecular weight excluding hydrogens is 186 g/mol. The molecule has 0 heterocycles. The fourth-order valence-electron chi connectivity index (χ4n) is 1.48. The van der Waals surface area contributed by atoms with Gasteiger partial charge in [0.25, 0.3) is 0 Å². The van der Waals surface area contributed by atoms with Crippen LogP contribution in [0.5, 0.6) is 0 Å². The fraction of sp³-hybridized carbons (Fsp3) is 0.538. The van der Waals surface area contributed by atoms with Crippen molar-refractivity contribution in [3.05, 3.63) is 35.4 Å². The predicted octanol–water partition coefficient (Wildman–Crippen LogP) is 2.72. The Morgan fingerprint density at radius 1 is 1.13 bits per heavy atom. The van der Waals surface area contributed by atoms with E-state index in [0.717, 1.165) is 26.3 Å². The van der Waals surface area contributed by atoms with Crippen molar-refractivity contribution in [2.45, 2.75) is 33.4 Å². The third kappa shape index (κ3) is 4.45. The minimum Gasteiger partial charge on any atom is -0.377 e. The Balaban J connectivity index is 2.52. The van der Waals surface area contributed by atoms with Gasteiger partial charge in [0.1, 0.15) is 0 Å². The van der Waals surface area contributed by atoms with Gasteiger partial charge in [-0.25, -0.2) is 0 Å². The van der Waals surface area contributed by atoms with Gasteiger partial charge in [0.05, 0.1) is 6.61 Å². The molecule has 0 aliphatic heterocycles. The van der Waals surface area contributed by atoms with Crippen LogP contribution < -0.4 is 5.32 Å². The lowest BCUT2D eigenvalue weighted by Gasteiger charge is -2.09. The van der Waals surface area contributed by atoms with E-state index in [0.29, 0.717) is 0 Å². The molecule has 0 atom stereocenters. The molecule has 1 aromatic carbocycles. The summed E-state index contributed by atoms with van der Waals surface area (Å²) in [7, 11) is 0. The minimum atomic E-state index is 0.723. The lowest BCUT2D eigenvalue weighted by atomic mass is 10.1. The zero-order chi connectivity index (χ0) is 10.9. The molecule has 15 heavy (non-hydrogen) atoms. The van der Waals surface area contributed by atoms with Gasteiger partial charge in [0.2, 0.25) is 0 Å². The van der Waals surface area contributed by atoms with E-state index in [-0.39, 0.29) is 0 Å². The van der Waals surface area contributed by atoms with E-state index in [4.69, 9.17) is 4.74 Å². The van der Waals surface area contributed by atoms with Gasteiger partial charge < -0.3 is 10.1 Å². The maximum Gasteiger partial charge on any atom is 0.0719 e. The van der Waals surface area contributed by atoms with E-state index in [1.54, 1.807) is 0 Å². The molecule has 0 saturated carbocycles. The fourth-order valence-corrected chi connectivity index (χ4v) is 1.48. The molecule has 0 spiro atoms. The highest BCUT2D eigenvalue weighted by Crippen LogP contribution is 2.09. The van der Waals surface area contributed by atoms with E-state index in [2.05, 4.69) is 36.5 Å². The van der Waals surface area contributed by atoms with Crippen molar-refractivity contribution < 1.29 is 4.74 Å². The second-order valence-corrected chi connectivity index (χ2v) is 3.58. The van der Waals surface area contributed by atoms with Gasteiger partial charge in [-0.2, -0.15) is 0 Å².